The largest absolute Gasteiger partial charge is 0.337 e. The molecular weight excluding hydrogens is 346 g/mol. The summed E-state index contributed by atoms with van der Waals surface area (Å²) in [4.78, 5) is 32.6. The van der Waals surface area contributed by atoms with E-state index in [0.29, 0.717) is 12.3 Å². The predicted molar refractivity (Wildman–Crippen MR) is 108 cm³/mol. The second kappa shape index (κ2) is 8.15. The van der Waals surface area contributed by atoms with Crippen LogP contribution in [0.25, 0.3) is 0 Å². The zero-order chi connectivity index (χ0) is 19.6. The molecule has 3 atom stereocenters. The molecule has 0 saturated heterocycles. The summed E-state index contributed by atoms with van der Waals surface area (Å²) < 4.78 is 1.68. The fourth-order valence-electron chi connectivity index (χ4n) is 3.22. The van der Waals surface area contributed by atoms with Crippen LogP contribution < -0.4 is 5.56 Å². The van der Waals surface area contributed by atoms with Crippen LogP contribution in [0.3, 0.4) is 0 Å². The molecule has 0 radical (unpaired) electrons. The van der Waals surface area contributed by atoms with Crippen molar-refractivity contribution in [2.24, 2.45) is 5.92 Å². The van der Waals surface area contributed by atoms with E-state index in [1.165, 1.54) is 11.8 Å². The van der Waals surface area contributed by atoms with Gasteiger partial charge in [0, 0.05) is 35.9 Å². The average Bonchev–Trinajstić information content (AvgIpc) is 2.60. The molecule has 3 unspecified atom stereocenters. The quantitative estimate of drug-likeness (QED) is 0.732. The first-order valence-corrected chi connectivity index (χ1v) is 10.7. The third kappa shape index (κ3) is 4.33. The van der Waals surface area contributed by atoms with E-state index in [2.05, 4.69) is 53.5 Å². The molecule has 0 N–H and O–H groups in total. The molecule has 1 aliphatic heterocycles. The van der Waals surface area contributed by atoms with E-state index < -0.39 is 0 Å². The maximum atomic E-state index is 13.2. The van der Waals surface area contributed by atoms with E-state index in [0.717, 1.165) is 23.7 Å². The molecule has 2 rings (SSSR count). The second-order valence-electron chi connectivity index (χ2n) is 8.39. The Labute approximate surface area is 161 Å². The lowest BCUT2D eigenvalue weighted by Crippen LogP contribution is -2.49. The van der Waals surface area contributed by atoms with Crippen molar-refractivity contribution in [3.63, 3.8) is 0 Å². The zero-order valence-corrected chi connectivity index (χ0v) is 18.0. The number of thioether (sulfide) groups is 1. The molecule has 146 valence electrons. The first-order chi connectivity index (χ1) is 12.1. The highest BCUT2D eigenvalue weighted by Gasteiger charge is 2.34. The predicted octanol–water partition coefficient (Wildman–Crippen LogP) is 3.69. The normalized spacial score (nSPS) is 19.6. The minimum absolute atomic E-state index is 0.0523. The number of nitrogens with zero attached hydrogens (tertiary/aromatic N) is 3. The molecule has 0 fully saturated rings. The lowest BCUT2D eigenvalue weighted by atomic mass is 9.92. The molecule has 0 aliphatic carbocycles. The van der Waals surface area contributed by atoms with Gasteiger partial charge in [-0.2, -0.15) is 0 Å². The van der Waals surface area contributed by atoms with Gasteiger partial charge in [-0.25, -0.2) is 4.98 Å². The lowest BCUT2D eigenvalue weighted by Gasteiger charge is -2.38. The molecule has 1 aromatic rings. The van der Waals surface area contributed by atoms with Crippen molar-refractivity contribution in [2.75, 3.05) is 5.75 Å². The Morgan fingerprint density at radius 2 is 1.88 bits per heavy atom. The Hall–Kier alpha value is -1.30. The van der Waals surface area contributed by atoms with Gasteiger partial charge in [0.25, 0.3) is 5.56 Å². The molecule has 1 amide bonds. The summed E-state index contributed by atoms with van der Waals surface area (Å²) in [6.45, 7) is 15.0. The number of aromatic nitrogens is 2. The van der Waals surface area contributed by atoms with Gasteiger partial charge in [0.2, 0.25) is 5.91 Å². The summed E-state index contributed by atoms with van der Waals surface area (Å²) in [7, 11) is 0. The lowest BCUT2D eigenvalue weighted by molar-refractivity contribution is -0.140. The Kier molecular flexibility index (Phi) is 6.59. The average molecular weight is 380 g/mol. The van der Waals surface area contributed by atoms with Crippen LogP contribution >= 0.6 is 11.8 Å². The molecule has 0 spiro atoms. The fourth-order valence-corrected chi connectivity index (χ4v) is 4.30. The minimum Gasteiger partial charge on any atom is -0.337 e. The summed E-state index contributed by atoms with van der Waals surface area (Å²) in [6, 6.07) is 2.04. The standard InChI is InChI=1S/C20H33N3O2S/c1-8-13(3)23(14(4)9-2)18(25)15-11-22-17(24)10-16(20(5,6)7)21-19(22)26-12-15/h10,13-15H,8-9,11-12H2,1-7H3. The molecule has 1 aromatic heterocycles. The maximum Gasteiger partial charge on any atom is 0.254 e. The van der Waals surface area contributed by atoms with E-state index in [9.17, 15) is 9.59 Å². The number of carbonyl (C=O) groups excluding carboxylic acids is 1. The Morgan fingerprint density at radius 3 is 2.38 bits per heavy atom. The number of rotatable bonds is 5. The van der Waals surface area contributed by atoms with Crippen molar-refractivity contribution < 1.29 is 4.79 Å². The SMILES string of the molecule is CCC(C)N(C(=O)C1CSc2nc(C(C)(C)C)cc(=O)n2C1)C(C)CC. The number of amides is 1. The van der Waals surface area contributed by atoms with Crippen LogP contribution in [-0.4, -0.2) is 38.2 Å². The number of hydrogen-bond donors (Lipinski definition) is 0. The first-order valence-electron chi connectivity index (χ1n) is 9.67. The highest BCUT2D eigenvalue weighted by atomic mass is 32.2. The molecule has 2 heterocycles. The summed E-state index contributed by atoms with van der Waals surface area (Å²) in [5.41, 5.74) is 0.599. The van der Waals surface area contributed by atoms with Crippen molar-refractivity contribution in [3.05, 3.63) is 22.1 Å². The third-order valence-electron chi connectivity index (χ3n) is 5.29. The molecule has 26 heavy (non-hydrogen) atoms. The van der Waals surface area contributed by atoms with Crippen molar-refractivity contribution in [1.82, 2.24) is 14.5 Å². The molecule has 0 saturated carbocycles. The van der Waals surface area contributed by atoms with E-state index in [1.54, 1.807) is 10.6 Å². The van der Waals surface area contributed by atoms with Crippen LogP contribution in [-0.2, 0) is 16.8 Å². The molecule has 0 bridgehead atoms. The van der Waals surface area contributed by atoms with Gasteiger partial charge in [-0.3, -0.25) is 14.2 Å². The topological polar surface area (TPSA) is 55.2 Å². The Morgan fingerprint density at radius 1 is 1.31 bits per heavy atom. The van der Waals surface area contributed by atoms with E-state index in [-0.39, 0.29) is 34.9 Å². The van der Waals surface area contributed by atoms with Crippen molar-refractivity contribution >= 4 is 17.7 Å². The maximum absolute atomic E-state index is 13.2. The van der Waals surface area contributed by atoms with Gasteiger partial charge in [0.1, 0.15) is 0 Å². The third-order valence-corrected chi connectivity index (χ3v) is 6.43. The van der Waals surface area contributed by atoms with Crippen LogP contribution in [0.2, 0.25) is 0 Å². The molecular formula is C20H33N3O2S. The van der Waals surface area contributed by atoms with E-state index in [4.69, 9.17) is 0 Å². The van der Waals surface area contributed by atoms with Crippen molar-refractivity contribution in [1.29, 1.82) is 0 Å². The van der Waals surface area contributed by atoms with Crippen molar-refractivity contribution in [2.45, 2.75) is 90.5 Å². The molecule has 6 heteroatoms. The number of fused-ring (bicyclic) bond motifs is 1. The highest BCUT2D eigenvalue weighted by Crippen LogP contribution is 2.30. The van der Waals surface area contributed by atoms with Crippen LogP contribution in [0, 0.1) is 5.92 Å². The van der Waals surface area contributed by atoms with Gasteiger partial charge in [0.05, 0.1) is 11.6 Å². The van der Waals surface area contributed by atoms with Crippen LogP contribution in [0.5, 0.6) is 0 Å². The monoisotopic (exact) mass is 379 g/mol. The Balaban J connectivity index is 2.29. The van der Waals surface area contributed by atoms with Gasteiger partial charge in [-0.05, 0) is 26.7 Å². The van der Waals surface area contributed by atoms with E-state index in [1.807, 2.05) is 4.90 Å². The van der Waals surface area contributed by atoms with Gasteiger partial charge in [-0.15, -0.1) is 0 Å². The Bertz CT molecular complexity index is 698. The highest BCUT2D eigenvalue weighted by molar-refractivity contribution is 7.99. The second-order valence-corrected chi connectivity index (χ2v) is 9.38. The van der Waals surface area contributed by atoms with Gasteiger partial charge in [-0.1, -0.05) is 46.4 Å². The van der Waals surface area contributed by atoms with Crippen LogP contribution in [0.1, 0.15) is 67.0 Å². The van der Waals surface area contributed by atoms with Gasteiger partial charge < -0.3 is 4.90 Å². The van der Waals surface area contributed by atoms with Crippen molar-refractivity contribution in [3.8, 4) is 0 Å². The van der Waals surface area contributed by atoms with Crippen LogP contribution in [0.15, 0.2) is 16.0 Å². The summed E-state index contributed by atoms with van der Waals surface area (Å²) >= 11 is 1.53. The molecule has 0 aromatic carbocycles. The summed E-state index contributed by atoms with van der Waals surface area (Å²) in [6.07, 6.45) is 1.87. The van der Waals surface area contributed by atoms with Crippen LogP contribution in [0.4, 0.5) is 0 Å². The number of hydrogen-bond acceptors (Lipinski definition) is 4. The zero-order valence-electron chi connectivity index (χ0n) is 17.2. The molecule has 5 nitrogen and oxygen atoms in total. The van der Waals surface area contributed by atoms with E-state index >= 15 is 0 Å². The summed E-state index contributed by atoms with van der Waals surface area (Å²) in [5, 5.41) is 0.741. The fraction of sp³-hybridized carbons (Fsp3) is 0.750. The minimum atomic E-state index is -0.171. The summed E-state index contributed by atoms with van der Waals surface area (Å²) in [5.74, 6) is 0.677. The van der Waals surface area contributed by atoms with Gasteiger partial charge >= 0.3 is 0 Å². The molecule has 1 aliphatic rings. The number of carbonyl (C=O) groups is 1. The first kappa shape index (κ1) is 21.0. The smallest absolute Gasteiger partial charge is 0.254 e. The van der Waals surface area contributed by atoms with Gasteiger partial charge in [0.15, 0.2) is 5.16 Å².